The van der Waals surface area contributed by atoms with E-state index in [1.54, 1.807) is 58.0 Å². The van der Waals surface area contributed by atoms with Gasteiger partial charge in [0.05, 0.1) is 5.57 Å². The van der Waals surface area contributed by atoms with Gasteiger partial charge in [0.1, 0.15) is 17.0 Å². The smallest absolute Gasteiger partial charge is 0.449 e. The largest absolute Gasteiger partial charge is 0.511 e. The summed E-state index contributed by atoms with van der Waals surface area (Å²) in [5, 5.41) is 9.59. The fourth-order valence-corrected chi connectivity index (χ4v) is 4.11. The van der Waals surface area contributed by atoms with Crippen molar-refractivity contribution in [3.05, 3.63) is 64.1 Å². The van der Waals surface area contributed by atoms with Crippen LogP contribution in [0, 0.1) is 5.82 Å². The topological polar surface area (TPSA) is 72.8 Å². The van der Waals surface area contributed by atoms with Crippen molar-refractivity contribution in [1.82, 2.24) is 0 Å². The second-order valence-corrected chi connectivity index (χ2v) is 8.81. The van der Waals surface area contributed by atoms with Crippen LogP contribution in [0.1, 0.15) is 45.7 Å². The van der Waals surface area contributed by atoms with Gasteiger partial charge in [0.25, 0.3) is 0 Å². The lowest BCUT2D eigenvalue weighted by Crippen LogP contribution is -2.50. The number of hydrogen-bond acceptors (Lipinski definition) is 4. The van der Waals surface area contributed by atoms with Gasteiger partial charge < -0.3 is 14.6 Å². The first-order chi connectivity index (χ1) is 14.4. The lowest BCUT2D eigenvalue weighted by molar-refractivity contribution is -0.158. The molecule has 0 spiro atoms. The number of carboxylic acid groups (broad SMARTS) is 1. The molecule has 0 saturated carbocycles. The van der Waals surface area contributed by atoms with Crippen molar-refractivity contribution in [2.45, 2.75) is 52.2 Å². The van der Waals surface area contributed by atoms with E-state index in [1.807, 2.05) is 6.92 Å². The van der Waals surface area contributed by atoms with Crippen LogP contribution in [-0.4, -0.2) is 28.2 Å². The number of rotatable bonds is 4. The molecule has 2 aromatic carbocycles. The average molecular weight is 447 g/mol. The number of carbonyl (C=O) groups excluding carboxylic acids is 1. The van der Waals surface area contributed by atoms with Gasteiger partial charge in [-0.25, -0.2) is 9.18 Å². The molecular weight excluding hydrogens is 423 g/mol. The molecule has 0 unspecified atom stereocenters. The van der Waals surface area contributed by atoms with Crippen LogP contribution in [0.15, 0.2) is 42.2 Å². The van der Waals surface area contributed by atoms with Gasteiger partial charge in [-0.15, -0.1) is 0 Å². The summed E-state index contributed by atoms with van der Waals surface area (Å²) in [7, 11) is 0. The lowest BCUT2D eigenvalue weighted by Gasteiger charge is -2.41. The van der Waals surface area contributed by atoms with E-state index in [-0.39, 0.29) is 16.4 Å². The van der Waals surface area contributed by atoms with E-state index in [1.165, 1.54) is 6.07 Å². The van der Waals surface area contributed by atoms with Crippen LogP contribution in [0.25, 0.3) is 16.7 Å². The van der Waals surface area contributed by atoms with Crippen LogP contribution in [0.2, 0.25) is 5.02 Å². The number of carbonyl (C=O) groups is 2. The van der Waals surface area contributed by atoms with Crippen molar-refractivity contribution in [1.29, 1.82) is 0 Å². The molecule has 164 valence electrons. The van der Waals surface area contributed by atoms with E-state index in [2.05, 4.69) is 0 Å². The normalized spacial score (nSPS) is 17.6. The summed E-state index contributed by atoms with van der Waals surface area (Å²) in [6, 6.07) is 9.60. The minimum absolute atomic E-state index is 0.0900. The average Bonchev–Trinajstić information content (AvgIpc) is 2.65. The molecule has 1 aliphatic rings. The lowest BCUT2D eigenvalue weighted by atomic mass is 9.80. The standard InChI is InChI=1S/C24H24ClFO5/c1-6-13-7-8-14(16-10-9-15(25)12-18(16)26)11-17(13)19-20(27)23(2,3)31-24(4,5)21(19)30-22(28)29/h7-12H,6H2,1-5H3,(H,28,29). The van der Waals surface area contributed by atoms with Crippen molar-refractivity contribution < 1.29 is 28.6 Å². The van der Waals surface area contributed by atoms with Crippen LogP contribution in [0.4, 0.5) is 9.18 Å². The number of hydrogen-bond donors (Lipinski definition) is 1. The predicted molar refractivity (Wildman–Crippen MR) is 117 cm³/mol. The van der Waals surface area contributed by atoms with E-state index in [0.29, 0.717) is 23.1 Å². The summed E-state index contributed by atoms with van der Waals surface area (Å²) in [4.78, 5) is 24.8. The number of aryl methyl sites for hydroxylation is 1. The highest BCUT2D eigenvalue weighted by atomic mass is 35.5. The van der Waals surface area contributed by atoms with Gasteiger partial charge in [-0.2, -0.15) is 0 Å². The maximum atomic E-state index is 14.6. The number of Topliss-reactive ketones (excluding diaryl/α,β-unsaturated/α-hetero) is 1. The Bertz CT molecular complexity index is 1100. The highest BCUT2D eigenvalue weighted by Crippen LogP contribution is 2.43. The molecule has 0 fully saturated rings. The molecule has 0 radical (unpaired) electrons. The number of ether oxygens (including phenoxy) is 2. The van der Waals surface area contributed by atoms with Gasteiger partial charge in [0.15, 0.2) is 11.5 Å². The minimum Gasteiger partial charge on any atom is -0.449 e. The number of halogens is 2. The van der Waals surface area contributed by atoms with Crippen molar-refractivity contribution >= 4 is 29.1 Å². The summed E-state index contributed by atoms with van der Waals surface area (Å²) < 4.78 is 25.5. The molecule has 0 amide bonds. The molecule has 5 nitrogen and oxygen atoms in total. The SMILES string of the molecule is CCc1ccc(-c2ccc(Cl)cc2F)cc1C1=C(OC(=O)O)C(C)(C)OC(C)(C)C1=O. The maximum Gasteiger partial charge on any atom is 0.511 e. The molecule has 1 aliphatic heterocycles. The molecule has 2 aromatic rings. The summed E-state index contributed by atoms with van der Waals surface area (Å²) in [5.74, 6) is -1.00. The number of ketones is 1. The molecule has 3 rings (SSSR count). The Kier molecular flexibility index (Phi) is 6.00. The Morgan fingerprint density at radius 3 is 2.35 bits per heavy atom. The Morgan fingerprint density at radius 2 is 1.77 bits per heavy atom. The van der Waals surface area contributed by atoms with E-state index < -0.39 is 29.0 Å². The van der Waals surface area contributed by atoms with Crippen molar-refractivity contribution in [2.24, 2.45) is 0 Å². The molecule has 0 atom stereocenters. The first kappa shape index (κ1) is 23.0. The van der Waals surface area contributed by atoms with Gasteiger partial charge >= 0.3 is 6.16 Å². The van der Waals surface area contributed by atoms with Gasteiger partial charge in [0, 0.05) is 10.6 Å². The first-order valence-corrected chi connectivity index (χ1v) is 10.2. The van der Waals surface area contributed by atoms with Crippen LogP contribution < -0.4 is 0 Å². The van der Waals surface area contributed by atoms with Crippen LogP contribution in [-0.2, 0) is 20.7 Å². The second kappa shape index (κ2) is 8.09. The summed E-state index contributed by atoms with van der Waals surface area (Å²) in [6.07, 6.45) is -0.980. The minimum atomic E-state index is -1.55. The van der Waals surface area contributed by atoms with E-state index in [9.17, 15) is 19.1 Å². The van der Waals surface area contributed by atoms with Crippen molar-refractivity contribution in [2.75, 3.05) is 0 Å². The molecule has 7 heteroatoms. The molecular formula is C24H24ClFO5. The van der Waals surface area contributed by atoms with Gasteiger partial charge in [0.2, 0.25) is 0 Å². The molecule has 0 saturated heterocycles. The molecule has 0 aliphatic carbocycles. The Morgan fingerprint density at radius 1 is 1.10 bits per heavy atom. The van der Waals surface area contributed by atoms with E-state index >= 15 is 0 Å². The molecule has 1 N–H and O–H groups in total. The summed E-state index contributed by atoms with van der Waals surface area (Å²) >= 11 is 5.88. The fourth-order valence-electron chi connectivity index (χ4n) is 3.95. The van der Waals surface area contributed by atoms with Crippen LogP contribution in [0.3, 0.4) is 0 Å². The number of benzene rings is 2. The van der Waals surface area contributed by atoms with Gasteiger partial charge in [-0.1, -0.05) is 30.7 Å². The zero-order chi connectivity index (χ0) is 23.1. The first-order valence-electron chi connectivity index (χ1n) is 9.86. The molecule has 1 heterocycles. The van der Waals surface area contributed by atoms with Gasteiger partial charge in [-0.05, 0) is 75.1 Å². The highest BCUT2D eigenvalue weighted by Gasteiger charge is 2.49. The monoisotopic (exact) mass is 446 g/mol. The third kappa shape index (κ3) is 4.36. The van der Waals surface area contributed by atoms with Gasteiger partial charge in [-0.3, -0.25) is 4.79 Å². The third-order valence-corrected chi connectivity index (χ3v) is 5.48. The van der Waals surface area contributed by atoms with Crippen LogP contribution in [0.5, 0.6) is 0 Å². The third-order valence-electron chi connectivity index (χ3n) is 5.25. The zero-order valence-corrected chi connectivity index (χ0v) is 18.8. The fraction of sp³-hybridized carbons (Fsp3) is 0.333. The Hall–Kier alpha value is -2.70. The Labute approximate surface area is 185 Å². The predicted octanol–water partition coefficient (Wildman–Crippen LogP) is 6.27. The van der Waals surface area contributed by atoms with E-state index in [4.69, 9.17) is 21.1 Å². The second-order valence-electron chi connectivity index (χ2n) is 8.37. The maximum absolute atomic E-state index is 14.6. The highest BCUT2D eigenvalue weighted by molar-refractivity contribution is 6.30. The quantitative estimate of drug-likeness (QED) is 0.560. The molecule has 0 bridgehead atoms. The Balaban J connectivity index is 2.34. The molecule has 0 aromatic heterocycles. The molecule has 31 heavy (non-hydrogen) atoms. The van der Waals surface area contributed by atoms with Crippen LogP contribution >= 0.6 is 11.6 Å². The zero-order valence-electron chi connectivity index (χ0n) is 18.0. The van der Waals surface area contributed by atoms with E-state index in [0.717, 1.165) is 5.56 Å². The summed E-state index contributed by atoms with van der Waals surface area (Å²) in [5.41, 5.74) is -0.154. The van der Waals surface area contributed by atoms with Crippen molar-refractivity contribution in [3.63, 3.8) is 0 Å². The summed E-state index contributed by atoms with van der Waals surface area (Å²) in [6.45, 7) is 8.47. The van der Waals surface area contributed by atoms with Crippen molar-refractivity contribution in [3.8, 4) is 11.1 Å².